The Morgan fingerprint density at radius 1 is 1.39 bits per heavy atom. The minimum Gasteiger partial charge on any atom is -0.491 e. The van der Waals surface area contributed by atoms with Crippen LogP contribution in [0.1, 0.15) is 42.1 Å². The summed E-state index contributed by atoms with van der Waals surface area (Å²) in [5.74, 6) is -1.91. The number of nitrogens with zero attached hydrogens (tertiary/aromatic N) is 1. The van der Waals surface area contributed by atoms with Crippen molar-refractivity contribution in [3.63, 3.8) is 0 Å². The van der Waals surface area contributed by atoms with Crippen molar-refractivity contribution < 1.29 is 35.9 Å². The van der Waals surface area contributed by atoms with Crippen LogP contribution in [-0.4, -0.2) is 30.2 Å². The fourth-order valence-electron chi connectivity index (χ4n) is 2.08. The van der Waals surface area contributed by atoms with E-state index in [0.29, 0.717) is 17.0 Å². The summed E-state index contributed by atoms with van der Waals surface area (Å²) in [7, 11) is 0. The third-order valence-corrected chi connectivity index (χ3v) is 3.06. The fourth-order valence-corrected chi connectivity index (χ4v) is 2.08. The summed E-state index contributed by atoms with van der Waals surface area (Å²) >= 11 is 0. The van der Waals surface area contributed by atoms with Gasteiger partial charge >= 0.3 is 12.3 Å². The molecule has 0 spiro atoms. The Labute approximate surface area is 135 Å². The molecule has 0 aliphatic carbocycles. The molecule has 4 nitrogen and oxygen atoms in total. The molecule has 8 heteroatoms. The van der Waals surface area contributed by atoms with Crippen LogP contribution in [0.2, 0.25) is 0 Å². The van der Waals surface area contributed by atoms with E-state index in [4.69, 9.17) is 13.6 Å². The second kappa shape index (κ2) is 5.58. The third-order valence-electron chi connectivity index (χ3n) is 3.06. The normalized spacial score (nSPS) is 20.0. The lowest BCUT2D eigenvalue weighted by Crippen LogP contribution is -2.37. The molecule has 1 aliphatic heterocycles. The molecule has 2 rings (SSSR count). The number of benzene rings is 1. The number of carbonyl (C=O) groups excluding carboxylic acids is 1. The maximum atomic E-state index is 13.9. The molecule has 0 bridgehead atoms. The molecule has 0 fully saturated rings. The molecule has 1 aromatic carbocycles. The predicted octanol–water partition coefficient (Wildman–Crippen LogP) is 4.14. The number of likely N-dealkylation sites (N-methyl/N-ethyl adjacent to an activating group) is 1. The Hall–Kier alpha value is -1.99. The van der Waals surface area contributed by atoms with Gasteiger partial charge in [0.25, 0.3) is 0 Å². The summed E-state index contributed by atoms with van der Waals surface area (Å²) in [6.07, 6.45) is -6.14. The summed E-state index contributed by atoms with van der Waals surface area (Å²) in [6.45, 7) is 1.16. The zero-order valence-electron chi connectivity index (χ0n) is 15.6. The first-order chi connectivity index (χ1) is 11.6. The zero-order valence-corrected chi connectivity index (χ0v) is 12.6. The van der Waals surface area contributed by atoms with E-state index in [1.54, 1.807) is 0 Å². The van der Waals surface area contributed by atoms with E-state index in [9.17, 15) is 22.4 Å². The average Bonchev–Trinajstić information content (AvgIpc) is 2.76. The third kappa shape index (κ3) is 3.68. The predicted molar refractivity (Wildman–Crippen MR) is 73.6 cm³/mol. The fraction of sp³-hybridized carbons (Fsp3) is 0.533. The van der Waals surface area contributed by atoms with E-state index < -0.39 is 48.9 Å². The first kappa shape index (κ1) is 13.4. The van der Waals surface area contributed by atoms with Crippen LogP contribution in [0.25, 0.3) is 0 Å². The van der Waals surface area contributed by atoms with E-state index in [0.717, 1.165) is 0 Å². The van der Waals surface area contributed by atoms with E-state index in [-0.39, 0.29) is 11.3 Å². The van der Waals surface area contributed by atoms with Gasteiger partial charge in [0, 0.05) is 16.7 Å². The topological polar surface area (TPSA) is 38.8 Å². The number of amides is 1. The second-order valence-corrected chi connectivity index (χ2v) is 6.04. The highest BCUT2D eigenvalue weighted by molar-refractivity contribution is 5.69. The van der Waals surface area contributed by atoms with Crippen molar-refractivity contribution in [2.45, 2.75) is 38.6 Å². The van der Waals surface area contributed by atoms with Gasteiger partial charge in [0.1, 0.15) is 23.8 Å². The molecule has 1 aliphatic rings. The van der Waals surface area contributed by atoms with Crippen molar-refractivity contribution in [2.24, 2.45) is 0 Å². The molecule has 1 amide bonds. The van der Waals surface area contributed by atoms with E-state index in [1.165, 1.54) is 20.8 Å². The largest absolute Gasteiger partial charge is 0.491 e. The van der Waals surface area contributed by atoms with E-state index >= 15 is 0 Å². The van der Waals surface area contributed by atoms with Crippen LogP contribution in [0, 0.1) is 5.82 Å². The summed E-state index contributed by atoms with van der Waals surface area (Å²) in [6, 6.07) is -0.319. The van der Waals surface area contributed by atoms with Gasteiger partial charge in [-0.3, -0.25) is 0 Å². The molecular formula is C15H17F4NO3. The van der Waals surface area contributed by atoms with Crippen LogP contribution in [0.3, 0.4) is 0 Å². The number of ether oxygens (including phenoxy) is 2. The highest BCUT2D eigenvalue weighted by Gasteiger charge is 2.39. The maximum absolute atomic E-state index is 13.9. The van der Waals surface area contributed by atoms with Crippen molar-refractivity contribution >= 4 is 6.09 Å². The van der Waals surface area contributed by atoms with Crippen LogP contribution < -0.4 is 4.74 Å². The maximum Gasteiger partial charge on any atom is 0.419 e. The van der Waals surface area contributed by atoms with Crippen molar-refractivity contribution in [1.29, 1.82) is 0 Å². The number of rotatable bonds is 1. The van der Waals surface area contributed by atoms with Gasteiger partial charge in [0.15, 0.2) is 0 Å². The Kier molecular flexibility index (Phi) is 3.26. The summed E-state index contributed by atoms with van der Waals surface area (Å²) in [5, 5.41) is 0. The first-order valence-corrected chi connectivity index (χ1v) is 6.67. The van der Waals surface area contributed by atoms with Crippen molar-refractivity contribution in [3.8, 4) is 5.75 Å². The van der Waals surface area contributed by atoms with Gasteiger partial charge in [-0.25, -0.2) is 9.18 Å². The zero-order chi connectivity index (χ0) is 20.1. The Morgan fingerprint density at radius 3 is 2.57 bits per heavy atom. The van der Waals surface area contributed by atoms with Gasteiger partial charge in [0.05, 0.1) is 11.6 Å². The molecule has 1 heterocycles. The molecule has 1 atom stereocenters. The molecule has 0 saturated heterocycles. The van der Waals surface area contributed by atoms with Gasteiger partial charge in [-0.05, 0) is 32.9 Å². The van der Waals surface area contributed by atoms with E-state index in [2.05, 4.69) is 0 Å². The summed E-state index contributed by atoms with van der Waals surface area (Å²) < 4.78 is 85.1. The highest BCUT2D eigenvalue weighted by Crippen LogP contribution is 2.41. The molecule has 23 heavy (non-hydrogen) atoms. The lowest BCUT2D eigenvalue weighted by atomic mass is 10.0. The minimum atomic E-state index is -4.94. The Morgan fingerprint density at radius 2 is 2.04 bits per heavy atom. The molecule has 0 N–H and O–H groups in total. The number of hydrogen-bond acceptors (Lipinski definition) is 3. The van der Waals surface area contributed by atoms with Crippen molar-refractivity contribution in [1.82, 2.24) is 4.90 Å². The molecule has 1 unspecified atom stereocenters. The van der Waals surface area contributed by atoms with Crippen LogP contribution in [0.4, 0.5) is 22.4 Å². The van der Waals surface area contributed by atoms with Crippen LogP contribution in [0.15, 0.2) is 12.1 Å². The highest BCUT2D eigenvalue weighted by atomic mass is 19.4. The lowest BCUT2D eigenvalue weighted by Gasteiger charge is -2.28. The summed E-state index contributed by atoms with van der Waals surface area (Å²) in [4.78, 5) is 12.7. The van der Waals surface area contributed by atoms with Crippen LogP contribution in [-0.2, 0) is 10.9 Å². The average molecular weight is 338 g/mol. The van der Waals surface area contributed by atoms with Gasteiger partial charge in [-0.2, -0.15) is 13.2 Å². The van der Waals surface area contributed by atoms with Crippen LogP contribution in [0.5, 0.6) is 5.75 Å². The van der Waals surface area contributed by atoms with Crippen molar-refractivity contribution in [2.75, 3.05) is 13.6 Å². The summed E-state index contributed by atoms with van der Waals surface area (Å²) in [5.41, 5.74) is -2.71. The first-order valence-electron chi connectivity index (χ1n) is 8.17. The molecule has 0 saturated carbocycles. The number of carbonyl (C=O) groups is 1. The molecular weight excluding hydrogens is 318 g/mol. The quantitative estimate of drug-likeness (QED) is 0.722. The standard InChI is InChI=1S/C15H17F4NO3/c1-14(2,3)23-13(21)20(4)11-7-22-12-6-9(15(17,18)19)10(16)5-8(11)12/h5-6,11H,7H2,1-4H3/i4D3. The van der Waals surface area contributed by atoms with Crippen LogP contribution >= 0.6 is 0 Å². The smallest absolute Gasteiger partial charge is 0.419 e. The molecule has 128 valence electrons. The second-order valence-electron chi connectivity index (χ2n) is 6.04. The van der Waals surface area contributed by atoms with Gasteiger partial charge < -0.3 is 14.4 Å². The van der Waals surface area contributed by atoms with Gasteiger partial charge in [0.2, 0.25) is 0 Å². The van der Waals surface area contributed by atoms with Gasteiger partial charge in [-0.1, -0.05) is 0 Å². The Bertz CT molecular complexity index is 714. The number of fused-ring (bicyclic) bond motifs is 1. The number of halogens is 4. The van der Waals surface area contributed by atoms with Gasteiger partial charge in [-0.15, -0.1) is 0 Å². The molecule has 0 aromatic heterocycles. The SMILES string of the molecule is [2H]C([2H])([2H])N(C(=O)OC(C)(C)C)C1COc2cc(C(F)(F)F)c(F)cc21. The molecule has 1 aromatic rings. The monoisotopic (exact) mass is 338 g/mol. The van der Waals surface area contributed by atoms with Crippen molar-refractivity contribution in [3.05, 3.63) is 29.1 Å². The van der Waals surface area contributed by atoms with E-state index in [1.807, 2.05) is 0 Å². The minimum absolute atomic E-state index is 0.169. The molecule has 0 radical (unpaired) electrons. The Balaban J connectivity index is 2.46. The lowest BCUT2D eigenvalue weighted by molar-refractivity contribution is -0.140. The number of alkyl halides is 3. The number of hydrogen-bond donors (Lipinski definition) is 0.